The molecule has 0 spiro atoms. The van der Waals surface area contributed by atoms with Crippen LogP contribution in [0.5, 0.6) is 5.75 Å². The molecule has 1 unspecified atom stereocenters. The fraction of sp³-hybridized carbons (Fsp3) is 0.364. The first-order valence-corrected chi connectivity index (χ1v) is 6.09. The number of hydrogen-bond acceptors (Lipinski definition) is 2. The van der Waals surface area contributed by atoms with Gasteiger partial charge in [0.05, 0.1) is 5.56 Å². The summed E-state index contributed by atoms with van der Waals surface area (Å²) in [6, 6.07) is 4.47. The molecule has 1 aromatic rings. The maximum absolute atomic E-state index is 11.9. The standard InChI is InChI=1S/C11H13BrClNO2/c1-7(12)6-14(2)11(16)9-4-3-8(13)5-10(9)15/h3-5,7,15H,6H2,1-2H3. The van der Waals surface area contributed by atoms with E-state index in [1.54, 1.807) is 18.0 Å². The number of amides is 1. The fourth-order valence-corrected chi connectivity index (χ4v) is 1.95. The Balaban J connectivity index is 2.88. The number of halogens is 2. The van der Waals surface area contributed by atoms with Gasteiger partial charge in [0.1, 0.15) is 5.75 Å². The first kappa shape index (κ1) is 13.3. The number of alkyl halides is 1. The monoisotopic (exact) mass is 305 g/mol. The van der Waals surface area contributed by atoms with Crippen molar-refractivity contribution < 1.29 is 9.90 Å². The molecule has 5 heteroatoms. The summed E-state index contributed by atoms with van der Waals surface area (Å²) in [6.07, 6.45) is 0. The van der Waals surface area contributed by atoms with E-state index in [0.717, 1.165) is 0 Å². The third kappa shape index (κ3) is 3.39. The van der Waals surface area contributed by atoms with Crippen LogP contribution in [-0.2, 0) is 0 Å². The molecular formula is C11H13BrClNO2. The molecule has 0 fully saturated rings. The average Bonchev–Trinajstić information content (AvgIpc) is 2.15. The molecule has 1 N–H and O–H groups in total. The molecule has 16 heavy (non-hydrogen) atoms. The van der Waals surface area contributed by atoms with Gasteiger partial charge in [-0.3, -0.25) is 4.79 Å². The molecule has 1 amide bonds. The molecule has 0 heterocycles. The molecule has 3 nitrogen and oxygen atoms in total. The zero-order valence-electron chi connectivity index (χ0n) is 9.08. The molecular weight excluding hydrogens is 293 g/mol. The Morgan fingerprint density at radius 3 is 2.75 bits per heavy atom. The van der Waals surface area contributed by atoms with Gasteiger partial charge in [0, 0.05) is 23.4 Å². The second-order valence-corrected chi connectivity index (χ2v) is 5.63. The summed E-state index contributed by atoms with van der Waals surface area (Å²) in [7, 11) is 1.69. The first-order valence-electron chi connectivity index (χ1n) is 4.80. The maximum Gasteiger partial charge on any atom is 0.257 e. The summed E-state index contributed by atoms with van der Waals surface area (Å²) in [5.41, 5.74) is 0.264. The van der Waals surface area contributed by atoms with Crippen LogP contribution in [0, 0.1) is 0 Å². The largest absolute Gasteiger partial charge is 0.507 e. The van der Waals surface area contributed by atoms with E-state index in [1.807, 2.05) is 6.92 Å². The van der Waals surface area contributed by atoms with Crippen molar-refractivity contribution in [3.8, 4) is 5.75 Å². The van der Waals surface area contributed by atoms with E-state index < -0.39 is 0 Å². The number of rotatable bonds is 3. The van der Waals surface area contributed by atoms with Gasteiger partial charge < -0.3 is 10.0 Å². The van der Waals surface area contributed by atoms with Crippen LogP contribution in [0.1, 0.15) is 17.3 Å². The second-order valence-electron chi connectivity index (χ2n) is 3.63. The minimum atomic E-state index is -0.222. The van der Waals surface area contributed by atoms with E-state index in [1.165, 1.54) is 12.1 Å². The van der Waals surface area contributed by atoms with Gasteiger partial charge in [0.2, 0.25) is 0 Å². The number of benzene rings is 1. The highest BCUT2D eigenvalue weighted by Crippen LogP contribution is 2.23. The van der Waals surface area contributed by atoms with Crippen LogP contribution in [0.3, 0.4) is 0 Å². The topological polar surface area (TPSA) is 40.5 Å². The minimum Gasteiger partial charge on any atom is -0.507 e. The van der Waals surface area contributed by atoms with Crippen LogP contribution >= 0.6 is 27.5 Å². The van der Waals surface area contributed by atoms with Crippen molar-refractivity contribution in [3.05, 3.63) is 28.8 Å². The van der Waals surface area contributed by atoms with Crippen LogP contribution < -0.4 is 0 Å². The maximum atomic E-state index is 11.9. The highest BCUT2D eigenvalue weighted by Gasteiger charge is 2.16. The quantitative estimate of drug-likeness (QED) is 0.872. The molecule has 0 aromatic heterocycles. The van der Waals surface area contributed by atoms with Gasteiger partial charge in [-0.15, -0.1) is 0 Å². The molecule has 0 radical (unpaired) electrons. The normalized spacial score (nSPS) is 12.2. The minimum absolute atomic E-state index is 0.0911. The summed E-state index contributed by atoms with van der Waals surface area (Å²) in [5, 5.41) is 10.0. The van der Waals surface area contributed by atoms with E-state index in [0.29, 0.717) is 11.6 Å². The fourth-order valence-electron chi connectivity index (χ4n) is 1.35. The summed E-state index contributed by atoms with van der Waals surface area (Å²) in [6.45, 7) is 2.52. The molecule has 0 saturated heterocycles. The Hall–Kier alpha value is -0.740. The zero-order valence-corrected chi connectivity index (χ0v) is 11.4. The smallest absolute Gasteiger partial charge is 0.257 e. The van der Waals surface area contributed by atoms with Crippen LogP contribution in [-0.4, -0.2) is 34.3 Å². The third-order valence-electron chi connectivity index (χ3n) is 2.06. The SMILES string of the molecule is CC(Br)CN(C)C(=O)c1ccc(Cl)cc1O. The Morgan fingerprint density at radius 1 is 1.62 bits per heavy atom. The molecule has 1 aromatic carbocycles. The molecule has 0 aliphatic carbocycles. The van der Waals surface area contributed by atoms with Crippen LogP contribution in [0.25, 0.3) is 0 Å². The van der Waals surface area contributed by atoms with E-state index in [4.69, 9.17) is 11.6 Å². The lowest BCUT2D eigenvalue weighted by atomic mass is 10.2. The third-order valence-corrected chi connectivity index (χ3v) is 2.59. The molecule has 0 saturated carbocycles. The zero-order chi connectivity index (χ0) is 12.3. The van der Waals surface area contributed by atoms with E-state index in [9.17, 15) is 9.90 Å². The van der Waals surface area contributed by atoms with Crippen molar-refractivity contribution >= 4 is 33.4 Å². The second kappa shape index (κ2) is 5.55. The predicted octanol–water partition coefficient (Wildman–Crippen LogP) is 2.90. The van der Waals surface area contributed by atoms with E-state index >= 15 is 0 Å². The Labute approximate surface area is 108 Å². The van der Waals surface area contributed by atoms with E-state index in [-0.39, 0.29) is 22.0 Å². The van der Waals surface area contributed by atoms with Crippen molar-refractivity contribution in [2.75, 3.05) is 13.6 Å². The summed E-state index contributed by atoms with van der Waals surface area (Å²) in [5.74, 6) is -0.313. The molecule has 1 rings (SSSR count). The van der Waals surface area contributed by atoms with Gasteiger partial charge in [0.25, 0.3) is 5.91 Å². The number of carbonyl (C=O) groups is 1. The summed E-state index contributed by atoms with van der Waals surface area (Å²) < 4.78 is 0. The van der Waals surface area contributed by atoms with Crippen molar-refractivity contribution in [1.82, 2.24) is 4.90 Å². The van der Waals surface area contributed by atoms with Crippen molar-refractivity contribution in [2.45, 2.75) is 11.8 Å². The number of nitrogens with zero attached hydrogens (tertiary/aromatic N) is 1. The number of phenols is 1. The van der Waals surface area contributed by atoms with Gasteiger partial charge >= 0.3 is 0 Å². The van der Waals surface area contributed by atoms with Gasteiger partial charge in [-0.05, 0) is 18.2 Å². The van der Waals surface area contributed by atoms with Crippen LogP contribution in [0.4, 0.5) is 0 Å². The summed E-state index contributed by atoms with van der Waals surface area (Å²) in [4.78, 5) is 13.7. The highest BCUT2D eigenvalue weighted by molar-refractivity contribution is 9.09. The van der Waals surface area contributed by atoms with Crippen LogP contribution in [0.2, 0.25) is 5.02 Å². The lowest BCUT2D eigenvalue weighted by Gasteiger charge is -2.19. The van der Waals surface area contributed by atoms with Crippen LogP contribution in [0.15, 0.2) is 18.2 Å². The molecule has 88 valence electrons. The predicted molar refractivity (Wildman–Crippen MR) is 68.5 cm³/mol. The first-order chi connectivity index (χ1) is 7.41. The lowest BCUT2D eigenvalue weighted by molar-refractivity contribution is 0.0794. The molecule has 0 aliphatic rings. The lowest BCUT2D eigenvalue weighted by Crippen LogP contribution is -2.31. The van der Waals surface area contributed by atoms with E-state index in [2.05, 4.69) is 15.9 Å². The Bertz CT molecular complexity index is 396. The molecule has 0 aliphatic heterocycles. The number of carbonyl (C=O) groups excluding carboxylic acids is 1. The summed E-state index contributed by atoms with van der Waals surface area (Å²) >= 11 is 9.06. The van der Waals surface area contributed by atoms with Crippen molar-refractivity contribution in [2.24, 2.45) is 0 Å². The van der Waals surface area contributed by atoms with Gasteiger partial charge in [-0.25, -0.2) is 0 Å². The molecule has 0 bridgehead atoms. The number of aromatic hydroxyl groups is 1. The average molecular weight is 307 g/mol. The highest BCUT2D eigenvalue weighted by atomic mass is 79.9. The Morgan fingerprint density at radius 2 is 2.25 bits per heavy atom. The number of phenolic OH excluding ortho intramolecular Hbond substituents is 1. The van der Waals surface area contributed by atoms with Gasteiger partial charge in [-0.1, -0.05) is 34.5 Å². The number of hydrogen-bond donors (Lipinski definition) is 1. The Kier molecular flexibility index (Phi) is 4.62. The van der Waals surface area contributed by atoms with Crippen molar-refractivity contribution in [3.63, 3.8) is 0 Å². The van der Waals surface area contributed by atoms with Gasteiger partial charge in [-0.2, -0.15) is 0 Å². The van der Waals surface area contributed by atoms with Crippen molar-refractivity contribution in [1.29, 1.82) is 0 Å². The van der Waals surface area contributed by atoms with Gasteiger partial charge in [0.15, 0.2) is 0 Å². The molecule has 1 atom stereocenters.